The lowest BCUT2D eigenvalue weighted by atomic mass is 10.2. The van der Waals surface area contributed by atoms with E-state index in [4.69, 9.17) is 0 Å². The van der Waals surface area contributed by atoms with Crippen LogP contribution in [0.15, 0.2) is 42.5 Å². The van der Waals surface area contributed by atoms with Crippen LogP contribution in [0.5, 0.6) is 0 Å². The number of nitrogens with one attached hydrogen (secondary N) is 1. The zero-order valence-corrected chi connectivity index (χ0v) is 8.18. The van der Waals surface area contributed by atoms with E-state index in [1.807, 2.05) is 0 Å². The van der Waals surface area contributed by atoms with Gasteiger partial charge >= 0.3 is 0 Å². The molecule has 0 aliphatic rings. The molecule has 0 aromatic heterocycles. The summed E-state index contributed by atoms with van der Waals surface area (Å²) in [7, 11) is 0. The Balaban J connectivity index is 2.23. The summed E-state index contributed by atoms with van der Waals surface area (Å²) in [6, 6.07) is 8.60. The Morgan fingerprint density at radius 3 is 1.75 bits per heavy atom. The Morgan fingerprint density at radius 1 is 0.625 bits per heavy atom. The minimum atomic E-state index is -0.662. The molecule has 0 spiro atoms. The van der Waals surface area contributed by atoms with E-state index in [0.29, 0.717) is 5.69 Å². The molecule has 0 amide bonds. The maximum Gasteiger partial charge on any atom is 0.128 e. The molecule has 0 radical (unpaired) electrons. The zero-order chi connectivity index (χ0) is 11.5. The summed E-state index contributed by atoms with van der Waals surface area (Å²) in [6.45, 7) is 0. The van der Waals surface area contributed by atoms with Crippen molar-refractivity contribution in [3.63, 3.8) is 0 Å². The molecule has 1 N–H and O–H groups in total. The standard InChI is InChI=1S/C12H8F3N/c13-8-1-3-11(4-2-8)16-12-6-9(14)5-10(15)7-12/h1-7,16H. The normalized spacial score (nSPS) is 10.2. The van der Waals surface area contributed by atoms with Gasteiger partial charge in [0.05, 0.1) is 0 Å². The molecule has 0 saturated heterocycles. The molecule has 2 aromatic carbocycles. The summed E-state index contributed by atoms with van der Waals surface area (Å²) in [6.07, 6.45) is 0. The Hall–Kier alpha value is -1.97. The van der Waals surface area contributed by atoms with Gasteiger partial charge in [-0.05, 0) is 36.4 Å². The zero-order valence-electron chi connectivity index (χ0n) is 8.18. The van der Waals surface area contributed by atoms with Crippen molar-refractivity contribution < 1.29 is 13.2 Å². The predicted molar refractivity (Wildman–Crippen MR) is 56.0 cm³/mol. The molecule has 0 bridgehead atoms. The average molecular weight is 223 g/mol. The highest BCUT2D eigenvalue weighted by molar-refractivity contribution is 5.59. The van der Waals surface area contributed by atoms with Crippen LogP contribution < -0.4 is 5.32 Å². The van der Waals surface area contributed by atoms with Gasteiger partial charge in [0.2, 0.25) is 0 Å². The van der Waals surface area contributed by atoms with Gasteiger partial charge in [-0.25, -0.2) is 13.2 Å². The molecule has 0 unspecified atom stereocenters. The molecule has 4 heteroatoms. The van der Waals surface area contributed by atoms with Crippen LogP contribution in [-0.2, 0) is 0 Å². The quantitative estimate of drug-likeness (QED) is 0.815. The average Bonchev–Trinajstić information content (AvgIpc) is 2.20. The monoisotopic (exact) mass is 223 g/mol. The molecule has 16 heavy (non-hydrogen) atoms. The maximum atomic E-state index is 12.9. The summed E-state index contributed by atoms with van der Waals surface area (Å²) in [5.41, 5.74) is 0.843. The Kier molecular flexibility index (Phi) is 2.81. The second kappa shape index (κ2) is 4.26. The first-order valence-corrected chi connectivity index (χ1v) is 4.62. The number of hydrogen-bond donors (Lipinski definition) is 1. The van der Waals surface area contributed by atoms with Crippen LogP contribution in [0.4, 0.5) is 24.5 Å². The van der Waals surface area contributed by atoms with Crippen molar-refractivity contribution in [3.8, 4) is 0 Å². The second-order valence-corrected chi connectivity index (χ2v) is 3.29. The highest BCUT2D eigenvalue weighted by Gasteiger charge is 2.00. The molecule has 0 heterocycles. The third-order valence-electron chi connectivity index (χ3n) is 2.00. The number of halogens is 3. The van der Waals surface area contributed by atoms with E-state index in [1.54, 1.807) is 0 Å². The maximum absolute atomic E-state index is 12.9. The lowest BCUT2D eigenvalue weighted by Crippen LogP contribution is -1.92. The first-order chi connectivity index (χ1) is 7.63. The van der Waals surface area contributed by atoms with Crippen LogP contribution in [0.25, 0.3) is 0 Å². The lowest BCUT2D eigenvalue weighted by molar-refractivity contribution is 0.584. The third-order valence-corrected chi connectivity index (χ3v) is 2.00. The molecule has 2 aromatic rings. The van der Waals surface area contributed by atoms with Crippen molar-refractivity contribution >= 4 is 11.4 Å². The Bertz CT molecular complexity index is 474. The molecular weight excluding hydrogens is 215 g/mol. The van der Waals surface area contributed by atoms with Gasteiger partial charge < -0.3 is 5.32 Å². The van der Waals surface area contributed by atoms with Crippen LogP contribution in [-0.4, -0.2) is 0 Å². The van der Waals surface area contributed by atoms with Crippen molar-refractivity contribution in [2.24, 2.45) is 0 Å². The summed E-state index contributed by atoms with van der Waals surface area (Å²) >= 11 is 0. The smallest absolute Gasteiger partial charge is 0.128 e. The largest absolute Gasteiger partial charge is 0.355 e. The fourth-order valence-corrected chi connectivity index (χ4v) is 1.33. The fraction of sp³-hybridized carbons (Fsp3) is 0. The minimum Gasteiger partial charge on any atom is -0.355 e. The molecule has 2 rings (SSSR count). The highest BCUT2D eigenvalue weighted by Crippen LogP contribution is 2.19. The van der Waals surface area contributed by atoms with E-state index in [2.05, 4.69) is 5.32 Å². The topological polar surface area (TPSA) is 12.0 Å². The first-order valence-electron chi connectivity index (χ1n) is 4.62. The fourth-order valence-electron chi connectivity index (χ4n) is 1.33. The van der Waals surface area contributed by atoms with Crippen LogP contribution in [0.2, 0.25) is 0 Å². The Labute approximate surface area is 90.5 Å². The summed E-state index contributed by atoms with van der Waals surface area (Å²) < 4.78 is 38.3. The van der Waals surface area contributed by atoms with Crippen LogP contribution in [0, 0.1) is 17.5 Å². The van der Waals surface area contributed by atoms with Crippen molar-refractivity contribution in [2.75, 3.05) is 5.32 Å². The summed E-state index contributed by atoms with van der Waals surface area (Å²) in [5, 5.41) is 2.77. The molecule has 0 aliphatic heterocycles. The molecular formula is C12H8F3N. The van der Waals surface area contributed by atoms with Gasteiger partial charge in [0.15, 0.2) is 0 Å². The molecule has 0 atom stereocenters. The van der Waals surface area contributed by atoms with E-state index >= 15 is 0 Å². The van der Waals surface area contributed by atoms with Gasteiger partial charge in [-0.3, -0.25) is 0 Å². The predicted octanol–water partition coefficient (Wildman–Crippen LogP) is 3.85. The first kappa shape index (κ1) is 10.5. The number of anilines is 2. The summed E-state index contributed by atoms with van der Waals surface area (Å²) in [4.78, 5) is 0. The van der Waals surface area contributed by atoms with Crippen molar-refractivity contribution in [3.05, 3.63) is 59.9 Å². The van der Waals surface area contributed by atoms with E-state index in [1.165, 1.54) is 24.3 Å². The van der Waals surface area contributed by atoms with Gasteiger partial charge in [-0.1, -0.05) is 0 Å². The van der Waals surface area contributed by atoms with Gasteiger partial charge in [0.1, 0.15) is 17.5 Å². The van der Waals surface area contributed by atoms with E-state index < -0.39 is 11.6 Å². The minimum absolute atomic E-state index is 0.282. The van der Waals surface area contributed by atoms with Gasteiger partial charge in [0, 0.05) is 17.4 Å². The van der Waals surface area contributed by atoms with E-state index in [-0.39, 0.29) is 11.5 Å². The van der Waals surface area contributed by atoms with Crippen molar-refractivity contribution in [2.45, 2.75) is 0 Å². The van der Waals surface area contributed by atoms with E-state index in [9.17, 15) is 13.2 Å². The Morgan fingerprint density at radius 2 is 1.19 bits per heavy atom. The summed E-state index contributed by atoms with van der Waals surface area (Å²) in [5.74, 6) is -1.69. The van der Waals surface area contributed by atoms with Gasteiger partial charge in [-0.15, -0.1) is 0 Å². The van der Waals surface area contributed by atoms with E-state index in [0.717, 1.165) is 18.2 Å². The molecule has 0 aliphatic carbocycles. The number of rotatable bonds is 2. The van der Waals surface area contributed by atoms with Crippen LogP contribution in [0.1, 0.15) is 0 Å². The molecule has 0 saturated carbocycles. The van der Waals surface area contributed by atoms with Crippen LogP contribution in [0.3, 0.4) is 0 Å². The van der Waals surface area contributed by atoms with Crippen molar-refractivity contribution in [1.29, 1.82) is 0 Å². The second-order valence-electron chi connectivity index (χ2n) is 3.29. The SMILES string of the molecule is Fc1ccc(Nc2cc(F)cc(F)c2)cc1. The third kappa shape index (κ3) is 2.53. The molecule has 82 valence electrons. The number of hydrogen-bond acceptors (Lipinski definition) is 1. The van der Waals surface area contributed by atoms with Crippen molar-refractivity contribution in [1.82, 2.24) is 0 Å². The van der Waals surface area contributed by atoms with Crippen LogP contribution >= 0.6 is 0 Å². The highest BCUT2D eigenvalue weighted by atomic mass is 19.1. The lowest BCUT2D eigenvalue weighted by Gasteiger charge is -2.06. The van der Waals surface area contributed by atoms with Gasteiger partial charge in [0.25, 0.3) is 0 Å². The molecule has 1 nitrogen and oxygen atoms in total. The molecule has 0 fully saturated rings. The van der Waals surface area contributed by atoms with Gasteiger partial charge in [-0.2, -0.15) is 0 Å². The number of benzene rings is 2.